The summed E-state index contributed by atoms with van der Waals surface area (Å²) in [7, 11) is 0. The average molecular weight is 431 g/mol. The van der Waals surface area contributed by atoms with Crippen LogP contribution in [-0.4, -0.2) is 25.8 Å². The number of rotatable bonds is 6. The largest absolute Gasteiger partial charge is 0.348 e. The third-order valence-corrected chi connectivity index (χ3v) is 4.79. The number of carbonyl (C=O) groups is 1. The van der Waals surface area contributed by atoms with E-state index in [-0.39, 0.29) is 18.1 Å². The van der Waals surface area contributed by atoms with Crippen LogP contribution in [0.25, 0.3) is 22.5 Å². The van der Waals surface area contributed by atoms with Crippen LogP contribution in [0.5, 0.6) is 0 Å². The molecule has 0 radical (unpaired) electrons. The van der Waals surface area contributed by atoms with Crippen molar-refractivity contribution in [2.75, 3.05) is 0 Å². The lowest BCUT2D eigenvalue weighted by atomic mass is 10.1. The first-order chi connectivity index (χ1) is 15.4. The van der Waals surface area contributed by atoms with Crippen molar-refractivity contribution in [3.8, 4) is 22.5 Å². The van der Waals surface area contributed by atoms with Crippen molar-refractivity contribution >= 4 is 5.91 Å². The minimum absolute atomic E-state index is 0.219. The third-order valence-electron chi connectivity index (χ3n) is 4.79. The van der Waals surface area contributed by atoms with E-state index in [0.717, 1.165) is 23.7 Å². The van der Waals surface area contributed by atoms with E-state index in [9.17, 15) is 13.6 Å². The van der Waals surface area contributed by atoms with Crippen LogP contribution >= 0.6 is 0 Å². The Morgan fingerprint density at radius 2 is 1.69 bits per heavy atom. The first kappa shape index (κ1) is 21.2. The van der Waals surface area contributed by atoms with E-state index in [1.54, 1.807) is 55.1 Å². The van der Waals surface area contributed by atoms with Gasteiger partial charge in [-0.1, -0.05) is 18.2 Å². The van der Waals surface area contributed by atoms with Crippen LogP contribution in [-0.2, 0) is 12.5 Å². The molecule has 1 N–H and O–H groups in total. The molecule has 8 heteroatoms. The Labute approximate surface area is 183 Å². The summed E-state index contributed by atoms with van der Waals surface area (Å²) in [6, 6.07) is 13.6. The minimum Gasteiger partial charge on any atom is -0.348 e. The quantitative estimate of drug-likeness (QED) is 0.481. The maximum Gasteiger partial charge on any atom is 0.286 e. The van der Waals surface area contributed by atoms with Gasteiger partial charge in [-0.3, -0.25) is 24.7 Å². The number of halogens is 2. The molecule has 0 bridgehead atoms. The predicted molar refractivity (Wildman–Crippen MR) is 116 cm³/mol. The molecule has 3 heterocycles. The van der Waals surface area contributed by atoms with Gasteiger partial charge >= 0.3 is 0 Å². The second kappa shape index (κ2) is 8.97. The molecule has 0 fully saturated rings. The van der Waals surface area contributed by atoms with Crippen molar-refractivity contribution in [3.05, 3.63) is 96.3 Å². The summed E-state index contributed by atoms with van der Waals surface area (Å²) in [6.45, 7) is 1.09. The molecule has 0 saturated heterocycles. The molecule has 4 rings (SSSR count). The van der Waals surface area contributed by atoms with E-state index in [1.807, 2.05) is 12.1 Å². The van der Waals surface area contributed by atoms with E-state index >= 15 is 0 Å². The predicted octanol–water partition coefficient (Wildman–Crippen LogP) is 4.64. The van der Waals surface area contributed by atoms with E-state index < -0.39 is 5.92 Å². The fourth-order valence-corrected chi connectivity index (χ4v) is 3.05. The summed E-state index contributed by atoms with van der Waals surface area (Å²) in [5.74, 6) is -3.24. The fourth-order valence-electron chi connectivity index (χ4n) is 3.05. The molecule has 160 valence electrons. The van der Waals surface area contributed by atoms with Crippen molar-refractivity contribution in [2.45, 2.75) is 19.4 Å². The Hall–Kier alpha value is -4.07. The number of hydrogen-bond donors (Lipinski definition) is 1. The Morgan fingerprint density at radius 3 is 2.34 bits per heavy atom. The number of aromatic nitrogens is 4. The molecule has 1 aromatic carbocycles. The van der Waals surface area contributed by atoms with E-state index in [2.05, 4.69) is 25.3 Å². The SMILES string of the molecule is CC(F)(F)c1cc(-c2ccc(CNC(=O)c3ccc(-c4cnccn4)cc3)cn2)ccn1. The Balaban J connectivity index is 1.39. The first-order valence-electron chi connectivity index (χ1n) is 9.84. The molecule has 0 atom stereocenters. The molecular formula is C24H19F2N5O. The molecule has 0 spiro atoms. The van der Waals surface area contributed by atoms with Crippen LogP contribution in [0.15, 0.2) is 79.5 Å². The smallest absolute Gasteiger partial charge is 0.286 e. The van der Waals surface area contributed by atoms with Gasteiger partial charge in [0, 0.05) is 54.9 Å². The van der Waals surface area contributed by atoms with Gasteiger partial charge in [0.15, 0.2) is 0 Å². The van der Waals surface area contributed by atoms with Crippen molar-refractivity contribution in [3.63, 3.8) is 0 Å². The lowest BCUT2D eigenvalue weighted by Gasteiger charge is -2.11. The highest BCUT2D eigenvalue weighted by molar-refractivity contribution is 5.94. The molecule has 1 amide bonds. The standard InChI is InChI=1S/C24H19F2N5O/c1-24(25,26)22-12-19(8-9-29-22)20-7-2-16(13-30-20)14-31-23(32)18-5-3-17(4-6-18)21-15-27-10-11-28-21/h2-13,15H,14H2,1H3,(H,31,32). The maximum atomic E-state index is 13.5. The van der Waals surface area contributed by atoms with Gasteiger partial charge in [-0.15, -0.1) is 0 Å². The van der Waals surface area contributed by atoms with E-state index in [1.165, 1.54) is 12.3 Å². The monoisotopic (exact) mass is 431 g/mol. The first-order valence-corrected chi connectivity index (χ1v) is 9.84. The number of benzene rings is 1. The number of alkyl halides is 2. The summed E-state index contributed by atoms with van der Waals surface area (Å²) in [6.07, 6.45) is 7.82. The highest BCUT2D eigenvalue weighted by Gasteiger charge is 2.26. The molecule has 3 aromatic heterocycles. The normalized spacial score (nSPS) is 11.2. The van der Waals surface area contributed by atoms with Crippen LogP contribution in [0, 0.1) is 0 Å². The van der Waals surface area contributed by atoms with Gasteiger partial charge < -0.3 is 5.32 Å². The van der Waals surface area contributed by atoms with Gasteiger partial charge in [-0.05, 0) is 35.9 Å². The number of amides is 1. The van der Waals surface area contributed by atoms with Crippen LogP contribution < -0.4 is 5.32 Å². The Bertz CT molecular complexity index is 1210. The number of hydrogen-bond acceptors (Lipinski definition) is 5. The Morgan fingerprint density at radius 1 is 0.875 bits per heavy atom. The summed E-state index contributed by atoms with van der Waals surface area (Å²) >= 11 is 0. The number of nitrogens with one attached hydrogen (secondary N) is 1. The van der Waals surface area contributed by atoms with Crippen LogP contribution in [0.3, 0.4) is 0 Å². The summed E-state index contributed by atoms with van der Waals surface area (Å²) < 4.78 is 27.0. The second-order valence-corrected chi connectivity index (χ2v) is 7.22. The zero-order chi connectivity index (χ0) is 22.6. The van der Waals surface area contributed by atoms with Gasteiger partial charge in [0.25, 0.3) is 11.8 Å². The lowest BCUT2D eigenvalue weighted by Crippen LogP contribution is -2.22. The molecule has 0 aliphatic carbocycles. The summed E-state index contributed by atoms with van der Waals surface area (Å²) in [5, 5.41) is 2.85. The maximum absolute atomic E-state index is 13.5. The minimum atomic E-state index is -3.02. The average Bonchev–Trinajstić information content (AvgIpc) is 2.83. The van der Waals surface area contributed by atoms with Crippen molar-refractivity contribution in [2.24, 2.45) is 0 Å². The van der Waals surface area contributed by atoms with Gasteiger partial charge in [0.2, 0.25) is 0 Å². The van der Waals surface area contributed by atoms with Gasteiger partial charge in [-0.25, -0.2) is 0 Å². The molecule has 0 aliphatic rings. The second-order valence-electron chi connectivity index (χ2n) is 7.22. The van der Waals surface area contributed by atoms with Crippen LogP contribution in [0.2, 0.25) is 0 Å². The van der Waals surface area contributed by atoms with Crippen molar-refractivity contribution in [1.82, 2.24) is 25.3 Å². The lowest BCUT2D eigenvalue weighted by molar-refractivity contribution is 0.0128. The van der Waals surface area contributed by atoms with Crippen molar-refractivity contribution < 1.29 is 13.6 Å². The highest BCUT2D eigenvalue weighted by atomic mass is 19.3. The number of pyridine rings is 2. The topological polar surface area (TPSA) is 80.7 Å². The molecule has 4 aromatic rings. The number of carbonyl (C=O) groups excluding carboxylic acids is 1. The molecule has 0 aliphatic heterocycles. The third kappa shape index (κ3) is 4.97. The molecule has 32 heavy (non-hydrogen) atoms. The number of nitrogens with zero attached hydrogens (tertiary/aromatic N) is 4. The molecule has 6 nitrogen and oxygen atoms in total. The highest BCUT2D eigenvalue weighted by Crippen LogP contribution is 2.28. The van der Waals surface area contributed by atoms with Gasteiger partial charge in [-0.2, -0.15) is 8.78 Å². The molecular weight excluding hydrogens is 412 g/mol. The molecule has 0 saturated carbocycles. The summed E-state index contributed by atoms with van der Waals surface area (Å²) in [4.78, 5) is 28.8. The molecule has 0 unspecified atom stereocenters. The van der Waals surface area contributed by atoms with Crippen molar-refractivity contribution in [1.29, 1.82) is 0 Å². The van der Waals surface area contributed by atoms with Crippen LogP contribution in [0.1, 0.15) is 28.5 Å². The fraction of sp³-hybridized carbons (Fsp3) is 0.125. The van der Waals surface area contributed by atoms with Gasteiger partial charge in [0.05, 0.1) is 17.6 Å². The summed E-state index contributed by atoms with van der Waals surface area (Å²) in [5.41, 5.74) is 3.70. The zero-order valence-electron chi connectivity index (χ0n) is 17.2. The van der Waals surface area contributed by atoms with E-state index in [4.69, 9.17) is 0 Å². The van der Waals surface area contributed by atoms with E-state index in [0.29, 0.717) is 16.8 Å². The Kier molecular flexibility index (Phi) is 5.93. The van der Waals surface area contributed by atoms with Gasteiger partial charge in [0.1, 0.15) is 5.69 Å². The van der Waals surface area contributed by atoms with Crippen LogP contribution in [0.4, 0.5) is 8.78 Å². The zero-order valence-corrected chi connectivity index (χ0v) is 17.2.